The number of sulfonamides is 1. The monoisotopic (exact) mass is 494 g/mol. The van der Waals surface area contributed by atoms with Gasteiger partial charge in [0.05, 0.1) is 10.6 Å². The third kappa shape index (κ3) is 5.18. The number of benzene rings is 3. The van der Waals surface area contributed by atoms with Gasteiger partial charge in [-0.1, -0.05) is 23.7 Å². The van der Waals surface area contributed by atoms with Gasteiger partial charge in [-0.25, -0.2) is 21.6 Å². The Morgan fingerprint density at radius 3 is 2.18 bits per heavy atom. The van der Waals surface area contributed by atoms with E-state index in [0.29, 0.717) is 36.6 Å². The summed E-state index contributed by atoms with van der Waals surface area (Å²) < 4.78 is 69.6. The molecule has 0 aliphatic carbocycles. The Labute approximate surface area is 196 Å². The number of anilines is 1. The summed E-state index contributed by atoms with van der Waals surface area (Å²) in [7, 11) is -3.95. The first kappa shape index (κ1) is 23.6. The van der Waals surface area contributed by atoms with Crippen molar-refractivity contribution in [1.29, 1.82) is 0 Å². The standard InChI is InChI=1S/C24H22ClF3N2O2S/c25-18-4-10-22(11-5-18)33(31,32)30(20-8-6-19(26)7-9-20)21-12-14-29(15-13-21)16-17-2-1-3-23(27)24(17)28/h1-11,21H,12-16H2. The van der Waals surface area contributed by atoms with Gasteiger partial charge in [-0.2, -0.15) is 0 Å². The van der Waals surface area contributed by atoms with Gasteiger partial charge in [0.15, 0.2) is 11.6 Å². The highest BCUT2D eigenvalue weighted by molar-refractivity contribution is 7.92. The molecule has 1 fully saturated rings. The molecule has 33 heavy (non-hydrogen) atoms. The summed E-state index contributed by atoms with van der Waals surface area (Å²) in [4.78, 5) is 2.05. The summed E-state index contributed by atoms with van der Waals surface area (Å²) in [5.74, 6) is -2.22. The van der Waals surface area contributed by atoms with Crippen LogP contribution in [-0.2, 0) is 16.6 Å². The van der Waals surface area contributed by atoms with Crippen LogP contribution < -0.4 is 4.31 Å². The normalized spacial score (nSPS) is 15.5. The number of nitrogens with zero attached hydrogens (tertiary/aromatic N) is 2. The van der Waals surface area contributed by atoms with Crippen LogP contribution in [0.15, 0.2) is 71.6 Å². The second-order valence-electron chi connectivity index (χ2n) is 7.95. The van der Waals surface area contributed by atoms with Gasteiger partial charge in [0.2, 0.25) is 0 Å². The van der Waals surface area contributed by atoms with Crippen molar-refractivity contribution in [3.63, 3.8) is 0 Å². The van der Waals surface area contributed by atoms with E-state index in [1.807, 2.05) is 4.90 Å². The van der Waals surface area contributed by atoms with Crippen molar-refractivity contribution in [3.05, 3.63) is 94.8 Å². The average molecular weight is 495 g/mol. The summed E-state index contributed by atoms with van der Waals surface area (Å²) in [6, 6.07) is 14.9. The van der Waals surface area contributed by atoms with Crippen LogP contribution in [-0.4, -0.2) is 32.4 Å². The van der Waals surface area contributed by atoms with Crippen LogP contribution in [0.3, 0.4) is 0 Å². The van der Waals surface area contributed by atoms with Crippen LogP contribution in [0.2, 0.25) is 5.02 Å². The highest BCUT2D eigenvalue weighted by Gasteiger charge is 2.34. The predicted molar refractivity (Wildman–Crippen MR) is 122 cm³/mol. The van der Waals surface area contributed by atoms with Gasteiger partial charge in [-0.3, -0.25) is 9.21 Å². The molecule has 3 aromatic rings. The van der Waals surface area contributed by atoms with Crippen LogP contribution >= 0.6 is 11.6 Å². The molecule has 0 bridgehead atoms. The van der Waals surface area contributed by atoms with Crippen LogP contribution in [0.25, 0.3) is 0 Å². The number of piperidine rings is 1. The van der Waals surface area contributed by atoms with Crippen molar-refractivity contribution < 1.29 is 21.6 Å². The Morgan fingerprint density at radius 2 is 1.55 bits per heavy atom. The smallest absolute Gasteiger partial charge is 0.264 e. The number of likely N-dealkylation sites (tertiary alicyclic amines) is 1. The lowest BCUT2D eigenvalue weighted by molar-refractivity contribution is 0.203. The van der Waals surface area contributed by atoms with E-state index in [1.54, 1.807) is 6.07 Å². The predicted octanol–water partition coefficient (Wildman–Crippen LogP) is 5.62. The minimum absolute atomic E-state index is 0.0838. The van der Waals surface area contributed by atoms with Crippen LogP contribution in [0.4, 0.5) is 18.9 Å². The summed E-state index contributed by atoms with van der Waals surface area (Å²) in [5.41, 5.74) is 0.624. The summed E-state index contributed by atoms with van der Waals surface area (Å²) in [6.07, 6.45) is 0.947. The molecular weight excluding hydrogens is 473 g/mol. The summed E-state index contributed by atoms with van der Waals surface area (Å²) in [6.45, 7) is 1.22. The summed E-state index contributed by atoms with van der Waals surface area (Å²) in [5, 5.41) is 0.417. The van der Waals surface area contributed by atoms with Gasteiger partial charge in [-0.05, 0) is 67.4 Å². The Hall–Kier alpha value is -2.55. The van der Waals surface area contributed by atoms with Crippen LogP contribution in [0.1, 0.15) is 18.4 Å². The second kappa shape index (κ2) is 9.75. The molecule has 0 radical (unpaired) electrons. The molecule has 3 aromatic carbocycles. The molecule has 1 aliphatic rings. The molecule has 0 N–H and O–H groups in total. The molecule has 0 aromatic heterocycles. The molecule has 1 heterocycles. The maximum absolute atomic E-state index is 14.1. The SMILES string of the molecule is O=S(=O)(c1ccc(Cl)cc1)N(c1ccc(F)cc1)C1CCN(Cc2cccc(F)c2F)CC1. The maximum atomic E-state index is 14.1. The van der Waals surface area contributed by atoms with Crippen molar-refractivity contribution in [2.75, 3.05) is 17.4 Å². The molecule has 1 aliphatic heterocycles. The molecule has 9 heteroatoms. The fourth-order valence-corrected chi connectivity index (χ4v) is 5.91. The average Bonchev–Trinajstić information content (AvgIpc) is 2.80. The van der Waals surface area contributed by atoms with Gasteiger partial charge in [0.1, 0.15) is 5.82 Å². The highest BCUT2D eigenvalue weighted by Crippen LogP contribution is 2.31. The Morgan fingerprint density at radius 1 is 0.909 bits per heavy atom. The minimum Gasteiger partial charge on any atom is -0.299 e. The zero-order valence-electron chi connectivity index (χ0n) is 17.6. The van der Waals surface area contributed by atoms with E-state index in [0.717, 1.165) is 6.07 Å². The zero-order valence-corrected chi connectivity index (χ0v) is 19.2. The lowest BCUT2D eigenvalue weighted by Gasteiger charge is -2.39. The van der Waals surface area contributed by atoms with Crippen molar-refractivity contribution in [2.24, 2.45) is 0 Å². The molecule has 0 amide bonds. The lowest BCUT2D eigenvalue weighted by atomic mass is 10.0. The molecule has 4 rings (SSSR count). The second-order valence-corrected chi connectivity index (χ2v) is 10.2. The largest absolute Gasteiger partial charge is 0.299 e. The van der Waals surface area contributed by atoms with E-state index in [4.69, 9.17) is 11.6 Å². The summed E-state index contributed by atoms with van der Waals surface area (Å²) >= 11 is 5.92. The fraction of sp³-hybridized carbons (Fsp3) is 0.250. The van der Waals surface area contributed by atoms with E-state index < -0.39 is 27.5 Å². The lowest BCUT2D eigenvalue weighted by Crippen LogP contribution is -2.47. The molecule has 0 unspecified atom stereocenters. The Kier molecular flexibility index (Phi) is 6.97. The van der Waals surface area contributed by atoms with Crippen LogP contribution in [0, 0.1) is 17.5 Å². The van der Waals surface area contributed by atoms with E-state index in [-0.39, 0.29) is 23.0 Å². The van der Waals surface area contributed by atoms with Gasteiger partial charge in [-0.15, -0.1) is 0 Å². The first-order chi connectivity index (χ1) is 15.8. The first-order valence-electron chi connectivity index (χ1n) is 10.5. The zero-order chi connectivity index (χ0) is 23.6. The fourth-order valence-electron chi connectivity index (χ4n) is 4.08. The molecule has 4 nitrogen and oxygen atoms in total. The highest BCUT2D eigenvalue weighted by atomic mass is 35.5. The van der Waals surface area contributed by atoms with Gasteiger partial charge in [0.25, 0.3) is 10.0 Å². The van der Waals surface area contributed by atoms with Crippen molar-refractivity contribution in [2.45, 2.75) is 30.3 Å². The van der Waals surface area contributed by atoms with Crippen molar-refractivity contribution >= 4 is 27.3 Å². The number of hydrogen-bond donors (Lipinski definition) is 0. The molecule has 0 saturated carbocycles. The number of hydrogen-bond acceptors (Lipinski definition) is 3. The molecule has 174 valence electrons. The van der Waals surface area contributed by atoms with Crippen molar-refractivity contribution in [1.82, 2.24) is 4.90 Å². The Balaban J connectivity index is 1.58. The van der Waals surface area contributed by atoms with E-state index in [1.165, 1.54) is 58.9 Å². The quantitative estimate of drug-likeness (QED) is 0.447. The third-order valence-corrected chi connectivity index (χ3v) is 7.91. The molecule has 1 saturated heterocycles. The van der Waals surface area contributed by atoms with Gasteiger partial charge in [0, 0.05) is 36.3 Å². The maximum Gasteiger partial charge on any atom is 0.264 e. The molecular formula is C24H22ClF3N2O2S. The Bertz CT molecular complexity index is 1210. The number of halogens is 4. The molecule has 0 spiro atoms. The minimum atomic E-state index is -3.95. The van der Waals surface area contributed by atoms with Gasteiger partial charge < -0.3 is 0 Å². The van der Waals surface area contributed by atoms with E-state index in [2.05, 4.69) is 0 Å². The number of rotatable bonds is 6. The van der Waals surface area contributed by atoms with Crippen LogP contribution in [0.5, 0.6) is 0 Å². The van der Waals surface area contributed by atoms with Crippen molar-refractivity contribution in [3.8, 4) is 0 Å². The first-order valence-corrected chi connectivity index (χ1v) is 12.3. The topological polar surface area (TPSA) is 40.6 Å². The third-order valence-electron chi connectivity index (χ3n) is 5.77. The van der Waals surface area contributed by atoms with Gasteiger partial charge >= 0.3 is 0 Å². The van der Waals surface area contributed by atoms with E-state index >= 15 is 0 Å². The molecule has 0 atom stereocenters. The van der Waals surface area contributed by atoms with E-state index in [9.17, 15) is 21.6 Å².